The Labute approximate surface area is 102 Å². The van der Waals surface area contributed by atoms with Gasteiger partial charge in [-0.1, -0.05) is 30.3 Å². The van der Waals surface area contributed by atoms with Gasteiger partial charge in [0.25, 0.3) is 0 Å². The van der Waals surface area contributed by atoms with Crippen LogP contribution in [0.25, 0.3) is 0 Å². The molecule has 1 aromatic rings. The van der Waals surface area contributed by atoms with Gasteiger partial charge in [0.1, 0.15) is 0 Å². The molecule has 0 radical (unpaired) electrons. The Morgan fingerprint density at radius 1 is 1.41 bits per heavy atom. The van der Waals surface area contributed by atoms with Crippen molar-refractivity contribution in [3.05, 3.63) is 35.9 Å². The van der Waals surface area contributed by atoms with E-state index in [4.69, 9.17) is 5.11 Å². The molecule has 0 saturated heterocycles. The van der Waals surface area contributed by atoms with Crippen LogP contribution in [0.4, 0.5) is 0 Å². The van der Waals surface area contributed by atoms with Crippen LogP contribution in [0.5, 0.6) is 0 Å². The first-order valence-corrected chi connectivity index (χ1v) is 5.80. The number of aliphatic hydroxyl groups excluding tert-OH is 1. The van der Waals surface area contributed by atoms with Crippen LogP contribution in [0.2, 0.25) is 0 Å². The van der Waals surface area contributed by atoms with Gasteiger partial charge in [0, 0.05) is 13.1 Å². The molecule has 1 amide bonds. The monoisotopic (exact) mass is 236 g/mol. The van der Waals surface area contributed by atoms with Crippen molar-refractivity contribution in [1.82, 2.24) is 10.2 Å². The average molecular weight is 236 g/mol. The summed E-state index contributed by atoms with van der Waals surface area (Å²) >= 11 is 0. The number of likely N-dealkylation sites (N-methyl/N-ethyl adjacent to an activating group) is 1. The number of rotatable bonds is 6. The maximum absolute atomic E-state index is 12.0. The van der Waals surface area contributed by atoms with Crippen molar-refractivity contribution in [1.29, 1.82) is 0 Å². The fraction of sp³-hybridized carbons (Fsp3) is 0.462. The summed E-state index contributed by atoms with van der Waals surface area (Å²) in [5.41, 5.74) is 1.07. The SMILES string of the molecule is CN[C@@H](C)C(=O)N(CCO)Cc1ccccc1. The molecule has 1 rings (SSSR count). The molecule has 2 N–H and O–H groups in total. The van der Waals surface area contributed by atoms with Gasteiger partial charge >= 0.3 is 0 Å². The molecule has 0 aromatic heterocycles. The van der Waals surface area contributed by atoms with E-state index in [1.165, 1.54) is 0 Å². The van der Waals surface area contributed by atoms with Gasteiger partial charge in [-0.15, -0.1) is 0 Å². The molecule has 0 aliphatic carbocycles. The fourth-order valence-electron chi connectivity index (χ4n) is 1.59. The van der Waals surface area contributed by atoms with Crippen molar-refractivity contribution < 1.29 is 9.90 Å². The lowest BCUT2D eigenvalue weighted by Gasteiger charge is -2.25. The highest BCUT2D eigenvalue weighted by atomic mass is 16.3. The van der Waals surface area contributed by atoms with Crippen molar-refractivity contribution in [2.75, 3.05) is 20.2 Å². The third-order valence-electron chi connectivity index (χ3n) is 2.70. The number of nitrogens with zero attached hydrogens (tertiary/aromatic N) is 1. The van der Waals surface area contributed by atoms with E-state index in [0.717, 1.165) is 5.56 Å². The lowest BCUT2D eigenvalue weighted by Crippen LogP contribution is -2.44. The molecule has 1 aromatic carbocycles. The molecule has 1 atom stereocenters. The van der Waals surface area contributed by atoms with E-state index in [0.29, 0.717) is 13.1 Å². The van der Waals surface area contributed by atoms with Crippen LogP contribution in [0, 0.1) is 0 Å². The van der Waals surface area contributed by atoms with E-state index >= 15 is 0 Å². The zero-order chi connectivity index (χ0) is 12.7. The lowest BCUT2D eigenvalue weighted by atomic mass is 10.2. The Morgan fingerprint density at radius 2 is 2.06 bits per heavy atom. The predicted molar refractivity (Wildman–Crippen MR) is 67.5 cm³/mol. The van der Waals surface area contributed by atoms with Crippen molar-refractivity contribution in [2.45, 2.75) is 19.5 Å². The van der Waals surface area contributed by atoms with Gasteiger partial charge in [0.15, 0.2) is 0 Å². The van der Waals surface area contributed by atoms with E-state index in [1.54, 1.807) is 11.9 Å². The first-order chi connectivity index (χ1) is 8.19. The average Bonchev–Trinajstić information content (AvgIpc) is 2.37. The molecule has 0 spiro atoms. The van der Waals surface area contributed by atoms with Gasteiger partial charge in [-0.3, -0.25) is 4.79 Å². The number of nitrogens with one attached hydrogen (secondary N) is 1. The highest BCUT2D eigenvalue weighted by Crippen LogP contribution is 2.05. The van der Waals surface area contributed by atoms with E-state index in [2.05, 4.69) is 5.32 Å². The number of carbonyl (C=O) groups is 1. The molecule has 0 aliphatic heterocycles. The maximum atomic E-state index is 12.0. The van der Waals surface area contributed by atoms with Gasteiger partial charge in [-0.2, -0.15) is 0 Å². The summed E-state index contributed by atoms with van der Waals surface area (Å²) < 4.78 is 0. The zero-order valence-corrected chi connectivity index (χ0v) is 10.4. The summed E-state index contributed by atoms with van der Waals surface area (Å²) in [6, 6.07) is 9.54. The number of aliphatic hydroxyl groups is 1. The minimum absolute atomic E-state index is 0.00500. The maximum Gasteiger partial charge on any atom is 0.239 e. The predicted octanol–water partition coefficient (Wildman–Crippen LogP) is 0.615. The Hall–Kier alpha value is -1.39. The molecule has 0 unspecified atom stereocenters. The van der Waals surface area contributed by atoms with Crippen LogP contribution in [-0.2, 0) is 11.3 Å². The molecule has 0 fully saturated rings. The van der Waals surface area contributed by atoms with Gasteiger partial charge in [0.2, 0.25) is 5.91 Å². The van der Waals surface area contributed by atoms with Crippen LogP contribution in [0.15, 0.2) is 30.3 Å². The summed E-state index contributed by atoms with van der Waals surface area (Å²) in [6.45, 7) is 2.69. The van der Waals surface area contributed by atoms with Gasteiger partial charge in [0.05, 0.1) is 12.6 Å². The molecule has 4 nitrogen and oxygen atoms in total. The first kappa shape index (κ1) is 13.7. The van der Waals surface area contributed by atoms with Crippen LogP contribution >= 0.6 is 0 Å². The molecule has 0 aliphatic rings. The van der Waals surface area contributed by atoms with E-state index < -0.39 is 0 Å². The molecule has 0 heterocycles. The molecule has 94 valence electrons. The van der Waals surface area contributed by atoms with Crippen LogP contribution in [-0.4, -0.2) is 42.2 Å². The lowest BCUT2D eigenvalue weighted by molar-refractivity contribution is -0.134. The third kappa shape index (κ3) is 4.17. The number of hydrogen-bond acceptors (Lipinski definition) is 3. The number of hydrogen-bond donors (Lipinski definition) is 2. The van der Waals surface area contributed by atoms with Crippen molar-refractivity contribution in [3.63, 3.8) is 0 Å². The minimum Gasteiger partial charge on any atom is -0.395 e. The number of benzene rings is 1. The molecule has 0 saturated carbocycles. The van der Waals surface area contributed by atoms with Crippen LogP contribution < -0.4 is 5.32 Å². The van der Waals surface area contributed by atoms with Crippen molar-refractivity contribution in [2.24, 2.45) is 0 Å². The standard InChI is InChI=1S/C13H20N2O2/c1-11(14-2)13(17)15(8-9-16)10-12-6-4-3-5-7-12/h3-7,11,14,16H,8-10H2,1-2H3/t11-/m0/s1. The first-order valence-electron chi connectivity index (χ1n) is 5.80. The summed E-state index contributed by atoms with van der Waals surface area (Å²) in [4.78, 5) is 13.7. The Kier molecular flexibility index (Phi) is 5.66. The smallest absolute Gasteiger partial charge is 0.239 e. The minimum atomic E-state index is -0.231. The van der Waals surface area contributed by atoms with Gasteiger partial charge in [-0.25, -0.2) is 0 Å². The second kappa shape index (κ2) is 7.04. The van der Waals surface area contributed by atoms with E-state index in [-0.39, 0.29) is 18.6 Å². The zero-order valence-electron chi connectivity index (χ0n) is 10.4. The van der Waals surface area contributed by atoms with Crippen molar-refractivity contribution in [3.8, 4) is 0 Å². The molecule has 4 heteroatoms. The van der Waals surface area contributed by atoms with Crippen molar-refractivity contribution >= 4 is 5.91 Å². The van der Waals surface area contributed by atoms with Gasteiger partial charge < -0.3 is 15.3 Å². The van der Waals surface area contributed by atoms with E-state index in [9.17, 15) is 4.79 Å². The topological polar surface area (TPSA) is 52.6 Å². The second-order valence-electron chi connectivity index (χ2n) is 3.98. The van der Waals surface area contributed by atoms with Gasteiger partial charge in [-0.05, 0) is 19.5 Å². The summed E-state index contributed by atoms with van der Waals surface area (Å²) in [7, 11) is 1.75. The third-order valence-corrected chi connectivity index (χ3v) is 2.70. The Morgan fingerprint density at radius 3 is 2.59 bits per heavy atom. The molecular weight excluding hydrogens is 216 g/mol. The number of amides is 1. The summed E-state index contributed by atoms with van der Waals surface area (Å²) in [5, 5.41) is 11.9. The van der Waals surface area contributed by atoms with Crippen LogP contribution in [0.3, 0.4) is 0 Å². The van der Waals surface area contributed by atoms with Crippen LogP contribution in [0.1, 0.15) is 12.5 Å². The summed E-state index contributed by atoms with van der Waals surface area (Å²) in [6.07, 6.45) is 0. The van der Waals surface area contributed by atoms with E-state index in [1.807, 2.05) is 37.3 Å². The highest BCUT2D eigenvalue weighted by Gasteiger charge is 2.18. The Bertz CT molecular complexity index is 341. The highest BCUT2D eigenvalue weighted by molar-refractivity contribution is 5.81. The second-order valence-corrected chi connectivity index (χ2v) is 3.98. The Balaban J connectivity index is 2.69. The molecule has 17 heavy (non-hydrogen) atoms. The largest absolute Gasteiger partial charge is 0.395 e. The summed E-state index contributed by atoms with van der Waals surface area (Å²) in [5.74, 6) is 0.00500. The number of carbonyl (C=O) groups excluding carboxylic acids is 1. The normalized spacial score (nSPS) is 12.2. The molecular formula is C13H20N2O2. The fourth-order valence-corrected chi connectivity index (χ4v) is 1.59. The molecule has 0 bridgehead atoms. The quantitative estimate of drug-likeness (QED) is 0.761.